The van der Waals surface area contributed by atoms with Crippen LogP contribution in [-0.4, -0.2) is 51.1 Å². The molecule has 0 aliphatic carbocycles. The highest BCUT2D eigenvalue weighted by Crippen LogP contribution is 2.39. The topological polar surface area (TPSA) is 116 Å². The summed E-state index contributed by atoms with van der Waals surface area (Å²) in [7, 11) is -0.0484. The predicted octanol–water partition coefficient (Wildman–Crippen LogP) is 6.46. The van der Waals surface area contributed by atoms with Crippen molar-refractivity contribution in [1.29, 1.82) is 0 Å². The van der Waals surface area contributed by atoms with E-state index in [9.17, 15) is 18.5 Å². The summed E-state index contributed by atoms with van der Waals surface area (Å²) in [5.74, 6) is 0. The van der Waals surface area contributed by atoms with Crippen molar-refractivity contribution in [2.75, 3.05) is 14.1 Å². The molecule has 0 spiro atoms. The molecule has 0 saturated carbocycles. The van der Waals surface area contributed by atoms with E-state index in [1.165, 1.54) is 16.1 Å². The molecule has 0 bridgehead atoms. The fraction of sp³-hybridized carbons (Fsp3) is 0.152. The molecule has 222 valence electrons. The number of benzene rings is 3. The molecule has 3 aromatic carbocycles. The fourth-order valence-corrected chi connectivity index (χ4v) is 6.84. The van der Waals surface area contributed by atoms with Gasteiger partial charge < -0.3 is 4.90 Å². The monoisotopic (exact) mass is 606 g/mol. The van der Waals surface area contributed by atoms with Gasteiger partial charge in [0.1, 0.15) is 5.69 Å². The van der Waals surface area contributed by atoms with E-state index in [1.807, 2.05) is 63.6 Å². The van der Waals surface area contributed by atoms with Crippen LogP contribution in [-0.2, 0) is 23.1 Å². The Morgan fingerprint density at radius 2 is 1.57 bits per heavy atom. The summed E-state index contributed by atoms with van der Waals surface area (Å²) in [4.78, 5) is 17.6. The molecule has 0 atom stereocenters. The van der Waals surface area contributed by atoms with Crippen LogP contribution in [0.3, 0.4) is 0 Å². The molecule has 6 rings (SSSR count). The number of hydrogen-bond donors (Lipinski definition) is 0. The van der Waals surface area contributed by atoms with Crippen LogP contribution in [0.5, 0.6) is 0 Å². The molecule has 0 N–H and O–H groups in total. The summed E-state index contributed by atoms with van der Waals surface area (Å²) in [6.45, 7) is 3.33. The summed E-state index contributed by atoms with van der Waals surface area (Å²) < 4.78 is 31.6. The SMILES string of the molecule is CCn1cc(-c2ccnc3c2cc(-c2ccc(CN(C)C)cc2)n3S(=O)(=O)c2ccccc2)c(-c2ccc([N+](=O)[O-])cc2)n1. The second kappa shape index (κ2) is 11.5. The van der Waals surface area contributed by atoms with Gasteiger partial charge in [0.2, 0.25) is 0 Å². The molecule has 0 saturated heterocycles. The van der Waals surface area contributed by atoms with Gasteiger partial charge in [-0.3, -0.25) is 14.8 Å². The molecule has 0 fully saturated rings. The molecule has 11 heteroatoms. The lowest BCUT2D eigenvalue weighted by Gasteiger charge is -2.13. The molecular weight excluding hydrogens is 576 g/mol. The summed E-state index contributed by atoms with van der Waals surface area (Å²) in [6, 6.07) is 26.1. The van der Waals surface area contributed by atoms with Crippen molar-refractivity contribution in [3.63, 3.8) is 0 Å². The molecule has 0 amide bonds. The van der Waals surface area contributed by atoms with Gasteiger partial charge in [0.25, 0.3) is 15.7 Å². The molecule has 6 aromatic rings. The Labute approximate surface area is 255 Å². The zero-order chi connectivity index (χ0) is 31.0. The number of fused-ring (bicyclic) bond motifs is 1. The Morgan fingerprint density at radius 3 is 2.20 bits per heavy atom. The van der Waals surface area contributed by atoms with Crippen molar-refractivity contribution in [2.24, 2.45) is 0 Å². The van der Waals surface area contributed by atoms with E-state index < -0.39 is 14.9 Å². The van der Waals surface area contributed by atoms with E-state index in [0.717, 1.165) is 28.8 Å². The molecule has 0 radical (unpaired) electrons. The maximum absolute atomic E-state index is 14.2. The first-order valence-electron chi connectivity index (χ1n) is 14.0. The van der Waals surface area contributed by atoms with Crippen LogP contribution in [0.2, 0.25) is 0 Å². The van der Waals surface area contributed by atoms with E-state index in [4.69, 9.17) is 5.10 Å². The summed E-state index contributed by atoms with van der Waals surface area (Å²) in [5.41, 5.74) is 5.43. The Balaban J connectivity index is 1.60. The smallest absolute Gasteiger partial charge is 0.269 e. The first-order valence-corrected chi connectivity index (χ1v) is 15.5. The Kier molecular flexibility index (Phi) is 7.58. The minimum Gasteiger partial charge on any atom is -0.305 e. The normalized spacial score (nSPS) is 11.8. The maximum Gasteiger partial charge on any atom is 0.269 e. The number of pyridine rings is 1. The molecule has 0 aliphatic rings. The van der Waals surface area contributed by atoms with Crippen molar-refractivity contribution in [3.8, 4) is 33.6 Å². The van der Waals surface area contributed by atoms with Gasteiger partial charge in [-0.15, -0.1) is 0 Å². The summed E-state index contributed by atoms with van der Waals surface area (Å²) in [6.07, 6.45) is 3.51. The Hall–Kier alpha value is -5.13. The first kappa shape index (κ1) is 29.0. The minimum atomic E-state index is -4.04. The van der Waals surface area contributed by atoms with Gasteiger partial charge in [-0.05, 0) is 74.1 Å². The van der Waals surface area contributed by atoms with Gasteiger partial charge in [0.15, 0.2) is 5.65 Å². The lowest BCUT2D eigenvalue weighted by Crippen LogP contribution is -2.14. The average Bonchev–Trinajstić information content (AvgIpc) is 3.64. The van der Waals surface area contributed by atoms with Gasteiger partial charge in [0, 0.05) is 54.1 Å². The van der Waals surface area contributed by atoms with E-state index in [1.54, 1.807) is 53.3 Å². The van der Waals surface area contributed by atoms with Gasteiger partial charge in [-0.1, -0.05) is 42.5 Å². The number of non-ortho nitro benzene ring substituents is 1. The van der Waals surface area contributed by atoms with Crippen LogP contribution in [0.1, 0.15) is 12.5 Å². The lowest BCUT2D eigenvalue weighted by atomic mass is 10.00. The van der Waals surface area contributed by atoms with Gasteiger partial charge in [-0.2, -0.15) is 5.10 Å². The Morgan fingerprint density at radius 1 is 0.886 bits per heavy atom. The van der Waals surface area contributed by atoms with Crippen LogP contribution < -0.4 is 0 Å². The minimum absolute atomic E-state index is 0.0130. The second-order valence-corrected chi connectivity index (χ2v) is 12.5. The quantitative estimate of drug-likeness (QED) is 0.137. The van der Waals surface area contributed by atoms with Crippen LogP contribution in [0, 0.1) is 10.1 Å². The number of nitro groups is 1. The van der Waals surface area contributed by atoms with Crippen molar-refractivity contribution < 1.29 is 13.3 Å². The predicted molar refractivity (Wildman–Crippen MR) is 171 cm³/mol. The number of nitrogens with zero attached hydrogens (tertiary/aromatic N) is 6. The number of rotatable bonds is 9. The maximum atomic E-state index is 14.2. The highest BCUT2D eigenvalue weighted by Gasteiger charge is 2.27. The van der Waals surface area contributed by atoms with Crippen LogP contribution in [0.25, 0.3) is 44.7 Å². The van der Waals surface area contributed by atoms with Gasteiger partial charge in [-0.25, -0.2) is 17.4 Å². The zero-order valence-corrected chi connectivity index (χ0v) is 25.3. The first-order chi connectivity index (χ1) is 21.2. The highest BCUT2D eigenvalue weighted by atomic mass is 32.2. The lowest BCUT2D eigenvalue weighted by molar-refractivity contribution is -0.384. The third-order valence-electron chi connectivity index (χ3n) is 7.42. The third-order valence-corrected chi connectivity index (χ3v) is 9.14. The largest absolute Gasteiger partial charge is 0.305 e. The van der Waals surface area contributed by atoms with Crippen LogP contribution in [0.4, 0.5) is 5.69 Å². The molecule has 44 heavy (non-hydrogen) atoms. The third kappa shape index (κ3) is 5.27. The van der Waals surface area contributed by atoms with Crippen molar-refractivity contribution in [3.05, 3.63) is 119 Å². The molecule has 0 aliphatic heterocycles. The average molecular weight is 607 g/mol. The summed E-state index contributed by atoms with van der Waals surface area (Å²) >= 11 is 0. The molecule has 3 heterocycles. The number of hydrogen-bond acceptors (Lipinski definition) is 7. The standard InChI is InChI=1S/C33H30N6O4S/c1-4-37-22-30(32(35-37)25-14-16-26(17-15-25)39(40)41)28-18-19-34-33-29(28)20-31(24-12-10-23(11-13-24)21-36(2)3)38(33)44(42,43)27-8-6-5-7-9-27/h5-20,22H,4,21H2,1-3H3. The fourth-order valence-electron chi connectivity index (χ4n) is 5.33. The van der Waals surface area contributed by atoms with Crippen molar-refractivity contribution in [1.82, 2.24) is 23.6 Å². The van der Waals surface area contributed by atoms with E-state index in [2.05, 4.69) is 9.88 Å². The summed E-state index contributed by atoms with van der Waals surface area (Å²) in [5, 5.41) is 16.7. The second-order valence-electron chi connectivity index (χ2n) is 10.7. The molecular formula is C33H30N6O4S. The van der Waals surface area contributed by atoms with Crippen molar-refractivity contribution >= 4 is 26.7 Å². The van der Waals surface area contributed by atoms with E-state index in [0.29, 0.717) is 28.9 Å². The highest BCUT2D eigenvalue weighted by molar-refractivity contribution is 7.90. The van der Waals surface area contributed by atoms with E-state index in [-0.39, 0.29) is 16.2 Å². The van der Waals surface area contributed by atoms with Crippen LogP contribution >= 0.6 is 0 Å². The van der Waals surface area contributed by atoms with E-state index >= 15 is 0 Å². The zero-order valence-electron chi connectivity index (χ0n) is 24.5. The number of aromatic nitrogens is 4. The van der Waals surface area contributed by atoms with Crippen LogP contribution in [0.15, 0.2) is 108 Å². The van der Waals surface area contributed by atoms with Gasteiger partial charge >= 0.3 is 0 Å². The van der Waals surface area contributed by atoms with Crippen molar-refractivity contribution in [2.45, 2.75) is 24.9 Å². The molecule has 0 unspecified atom stereocenters. The number of nitro benzene ring substituents is 1. The van der Waals surface area contributed by atoms with Gasteiger partial charge in [0.05, 0.1) is 15.5 Å². The number of aryl methyl sites for hydroxylation is 1. The molecule has 10 nitrogen and oxygen atoms in total. The molecule has 3 aromatic heterocycles. The Bertz CT molecular complexity index is 2080.